The van der Waals surface area contributed by atoms with Gasteiger partial charge < -0.3 is 20.2 Å². The average molecular weight is 424 g/mol. The molecule has 0 spiro atoms. The van der Waals surface area contributed by atoms with Gasteiger partial charge in [-0.15, -0.1) is 42.5 Å². The van der Waals surface area contributed by atoms with E-state index in [1.807, 2.05) is 6.07 Å². The summed E-state index contributed by atoms with van der Waals surface area (Å²) in [6, 6.07) is 12.0. The van der Waals surface area contributed by atoms with E-state index >= 15 is 0 Å². The van der Waals surface area contributed by atoms with Crippen LogP contribution in [0.1, 0.15) is 27.0 Å². The number of hydrogen-bond acceptors (Lipinski definition) is 3. The van der Waals surface area contributed by atoms with E-state index in [0.29, 0.717) is 30.8 Å². The van der Waals surface area contributed by atoms with Gasteiger partial charge in [0.15, 0.2) is 5.91 Å². The minimum atomic E-state index is -4.72. The van der Waals surface area contributed by atoms with Crippen molar-refractivity contribution in [2.45, 2.75) is 26.0 Å². The summed E-state index contributed by atoms with van der Waals surface area (Å²) in [6.45, 7) is 1.10. The van der Waals surface area contributed by atoms with Crippen LogP contribution in [0, 0.1) is 6.07 Å². The van der Waals surface area contributed by atoms with Crippen LogP contribution in [0.5, 0.6) is 5.75 Å². The molecule has 0 saturated heterocycles. The fourth-order valence-corrected chi connectivity index (χ4v) is 2.62. The van der Waals surface area contributed by atoms with Crippen molar-refractivity contribution in [2.75, 3.05) is 0 Å². The molecule has 1 amide bonds. The number of halogens is 3. The summed E-state index contributed by atoms with van der Waals surface area (Å²) in [5, 5.41) is 0. The molecule has 4 nitrogen and oxygen atoms in total. The number of hydrogen-bond donors (Lipinski definition) is 1. The normalized spacial score (nSPS) is 13.4. The Bertz CT molecular complexity index is 763. The third kappa shape index (κ3) is 4.80. The number of fused-ring (bicyclic) bond motifs is 1. The molecule has 129 valence electrons. The van der Waals surface area contributed by atoms with Crippen LogP contribution in [-0.2, 0) is 52.3 Å². The maximum absolute atomic E-state index is 12.3. The number of carbonyl (C=O) groups is 1. The first-order chi connectivity index (χ1) is 11.4. The van der Waals surface area contributed by atoms with Crippen LogP contribution in [-0.4, -0.2) is 17.2 Å². The predicted octanol–water partition coefficient (Wildman–Crippen LogP) is 3.00. The first kappa shape index (κ1) is 19.9. The number of benzene rings is 2. The molecule has 1 aliphatic rings. The number of rotatable bonds is 4. The second-order valence-electron chi connectivity index (χ2n) is 5.47. The molecule has 25 heavy (non-hydrogen) atoms. The maximum Gasteiger partial charge on any atom is 0.573 e. The fourth-order valence-electron chi connectivity index (χ4n) is 2.62. The zero-order valence-electron chi connectivity index (χ0n) is 13.1. The summed E-state index contributed by atoms with van der Waals surface area (Å²) in [6.07, 6.45) is -4.72. The number of ether oxygens (including phenoxy) is 1. The Morgan fingerprint density at radius 3 is 2.48 bits per heavy atom. The molecular weight excluding hydrogens is 410 g/mol. The molecule has 3 rings (SSSR count). The van der Waals surface area contributed by atoms with Crippen molar-refractivity contribution in [3.05, 3.63) is 64.7 Å². The summed E-state index contributed by atoms with van der Waals surface area (Å²) >= 11 is 0. The molecule has 2 aromatic carbocycles. The molecule has 0 fully saturated rings. The molecule has 1 radical (unpaired) electrons. The number of alkyl halides is 3. The van der Waals surface area contributed by atoms with Crippen molar-refractivity contribution in [1.29, 1.82) is 0 Å². The number of amides is 1. The van der Waals surface area contributed by atoms with Crippen LogP contribution < -0.4 is 10.5 Å². The van der Waals surface area contributed by atoms with E-state index in [1.54, 1.807) is 11.0 Å². The second-order valence-corrected chi connectivity index (χ2v) is 5.47. The zero-order chi connectivity index (χ0) is 17.3. The molecule has 0 aromatic heterocycles. The molecule has 0 saturated carbocycles. The van der Waals surface area contributed by atoms with Crippen LogP contribution in [0.2, 0.25) is 0 Å². The van der Waals surface area contributed by atoms with E-state index < -0.39 is 6.36 Å². The SMILES string of the molecule is NCc1c[c-]c2c(c1)CN(Cc1ccc(OC(F)(F)F)cc1)C2=O.[Y]. The topological polar surface area (TPSA) is 55.6 Å². The van der Waals surface area contributed by atoms with Crippen LogP contribution in [0.3, 0.4) is 0 Å². The van der Waals surface area contributed by atoms with Gasteiger partial charge in [-0.2, -0.15) is 0 Å². The third-order valence-corrected chi connectivity index (χ3v) is 3.71. The zero-order valence-corrected chi connectivity index (χ0v) is 16.0. The Hall–Kier alpha value is -1.44. The van der Waals surface area contributed by atoms with Gasteiger partial charge in [-0.3, -0.25) is 0 Å². The summed E-state index contributed by atoms with van der Waals surface area (Å²) in [5.41, 5.74) is 8.58. The molecule has 2 aromatic rings. The van der Waals surface area contributed by atoms with Crippen molar-refractivity contribution in [3.63, 3.8) is 0 Å². The quantitative estimate of drug-likeness (QED) is 0.769. The van der Waals surface area contributed by atoms with Gasteiger partial charge in [-0.25, -0.2) is 0 Å². The first-order valence-corrected chi connectivity index (χ1v) is 7.23. The minimum absolute atomic E-state index is 0. The van der Waals surface area contributed by atoms with E-state index in [4.69, 9.17) is 5.73 Å². The van der Waals surface area contributed by atoms with Gasteiger partial charge in [0.25, 0.3) is 0 Å². The fraction of sp³-hybridized carbons (Fsp3) is 0.235. The second kappa shape index (κ2) is 7.85. The first-order valence-electron chi connectivity index (χ1n) is 7.23. The Balaban J connectivity index is 0.00000225. The number of carbonyl (C=O) groups excluding carboxylic acids is 1. The summed E-state index contributed by atoms with van der Waals surface area (Å²) in [5.74, 6) is -0.438. The number of nitrogens with zero attached hydrogens (tertiary/aromatic N) is 1. The van der Waals surface area contributed by atoms with Gasteiger partial charge in [-0.05, 0) is 24.2 Å². The van der Waals surface area contributed by atoms with Gasteiger partial charge in [-0.1, -0.05) is 17.7 Å². The summed E-state index contributed by atoms with van der Waals surface area (Å²) in [4.78, 5) is 14.0. The number of nitrogens with two attached hydrogens (primary N) is 1. The van der Waals surface area contributed by atoms with E-state index in [-0.39, 0.29) is 44.4 Å². The van der Waals surface area contributed by atoms with Gasteiger partial charge in [0, 0.05) is 45.8 Å². The Labute approximate surface area is 168 Å². The van der Waals surface area contributed by atoms with E-state index in [9.17, 15) is 18.0 Å². The molecule has 0 unspecified atom stereocenters. The molecule has 8 heteroatoms. The van der Waals surface area contributed by atoms with Crippen molar-refractivity contribution >= 4 is 5.91 Å². The van der Waals surface area contributed by atoms with E-state index in [0.717, 1.165) is 11.1 Å². The molecular formula is C17H14F3N2O2Y-. The van der Waals surface area contributed by atoms with Crippen molar-refractivity contribution in [3.8, 4) is 5.75 Å². The van der Waals surface area contributed by atoms with Crippen molar-refractivity contribution < 1.29 is 55.4 Å². The summed E-state index contributed by atoms with van der Waals surface area (Å²) in [7, 11) is 0. The third-order valence-electron chi connectivity index (χ3n) is 3.71. The Kier molecular flexibility index (Phi) is 6.24. The molecule has 0 aliphatic carbocycles. The van der Waals surface area contributed by atoms with Gasteiger partial charge in [0.05, 0.1) is 0 Å². The monoisotopic (exact) mass is 424 g/mol. The standard InChI is InChI=1S/C17H14F3N2O2.Y/c18-17(19,20)24-14-4-1-11(2-5-14)9-22-10-13-7-12(8-21)3-6-15(13)16(22)23;/h1-5,7H,8-10,21H2;/q-1;. The Morgan fingerprint density at radius 2 is 1.88 bits per heavy atom. The predicted molar refractivity (Wildman–Crippen MR) is 79.9 cm³/mol. The van der Waals surface area contributed by atoms with Gasteiger partial charge in [0.2, 0.25) is 0 Å². The minimum Gasteiger partial charge on any atom is -0.406 e. The van der Waals surface area contributed by atoms with Crippen LogP contribution >= 0.6 is 0 Å². The maximum atomic E-state index is 12.3. The molecule has 0 bridgehead atoms. The Morgan fingerprint density at radius 1 is 1.20 bits per heavy atom. The largest absolute Gasteiger partial charge is 0.573 e. The van der Waals surface area contributed by atoms with Gasteiger partial charge >= 0.3 is 6.36 Å². The van der Waals surface area contributed by atoms with Crippen molar-refractivity contribution in [2.24, 2.45) is 5.73 Å². The van der Waals surface area contributed by atoms with Crippen molar-refractivity contribution in [1.82, 2.24) is 4.90 Å². The average Bonchev–Trinajstić information content (AvgIpc) is 2.83. The van der Waals surface area contributed by atoms with E-state index in [2.05, 4.69) is 10.8 Å². The van der Waals surface area contributed by atoms with Crippen LogP contribution in [0.4, 0.5) is 13.2 Å². The van der Waals surface area contributed by atoms with Crippen LogP contribution in [0.15, 0.2) is 36.4 Å². The smallest absolute Gasteiger partial charge is 0.406 e. The van der Waals surface area contributed by atoms with Crippen LogP contribution in [0.25, 0.3) is 0 Å². The summed E-state index contributed by atoms with van der Waals surface area (Å²) < 4.78 is 40.3. The van der Waals surface area contributed by atoms with Gasteiger partial charge in [0.1, 0.15) is 5.75 Å². The molecule has 2 N–H and O–H groups in total. The molecule has 1 aliphatic heterocycles. The molecule has 0 atom stereocenters. The molecule has 1 heterocycles. The van der Waals surface area contributed by atoms with E-state index in [1.165, 1.54) is 24.3 Å².